The van der Waals surface area contributed by atoms with Gasteiger partial charge >= 0.3 is 0 Å². The quantitative estimate of drug-likeness (QED) is 0.108. The molecule has 0 saturated carbocycles. The van der Waals surface area contributed by atoms with Crippen LogP contribution in [0.25, 0.3) is 83.4 Å². The third-order valence-electron chi connectivity index (χ3n) is 21.3. The Kier molecular flexibility index (Phi) is 16.0. The van der Waals surface area contributed by atoms with Gasteiger partial charge < -0.3 is 19.6 Å². The predicted molar refractivity (Wildman–Crippen MR) is 453 cm³/mol. The number of rotatable bonds is 14. The Hall–Kier alpha value is -11.8. The van der Waals surface area contributed by atoms with Crippen molar-refractivity contribution in [2.24, 2.45) is 0 Å². The molecule has 2 aliphatic rings. The van der Waals surface area contributed by atoms with E-state index >= 15 is 0 Å². The van der Waals surface area contributed by atoms with E-state index in [1.54, 1.807) is 0 Å². The summed E-state index contributed by atoms with van der Waals surface area (Å²) in [5.41, 5.74) is 25.8. The monoisotopic (exact) mass is 1370 g/mol. The molecular weight excluding hydrogens is 1300 g/mol. The minimum absolute atomic E-state index is 0.159. The van der Waals surface area contributed by atoms with Crippen molar-refractivity contribution < 1.29 is 0 Å². The zero-order valence-corrected chi connectivity index (χ0v) is 61.4. The highest BCUT2D eigenvalue weighted by Gasteiger charge is 2.31. The minimum atomic E-state index is -0.159. The minimum Gasteiger partial charge on any atom is -0.330 e. The van der Waals surface area contributed by atoms with Crippen LogP contribution in [0, 0.1) is 41.5 Å². The van der Waals surface area contributed by atoms with Crippen LogP contribution in [0.2, 0.25) is 0 Å². The average Bonchev–Trinajstić information content (AvgIpc) is 1.53. The summed E-state index contributed by atoms with van der Waals surface area (Å²) >= 11 is 3.78. The highest BCUT2D eigenvalue weighted by atomic mass is 32.1. The number of benzene rings is 14. The van der Waals surface area contributed by atoms with Crippen LogP contribution in [0.15, 0.2) is 332 Å². The van der Waals surface area contributed by atoms with Crippen LogP contribution >= 0.6 is 22.7 Å². The summed E-state index contributed by atoms with van der Waals surface area (Å²) in [6.45, 7) is 25.1. The summed E-state index contributed by atoms with van der Waals surface area (Å²) in [4.78, 5) is 9.97. The van der Waals surface area contributed by atoms with E-state index in [1.165, 1.54) is 145 Å². The maximum absolute atomic E-state index is 4.95. The third kappa shape index (κ3) is 11.1. The van der Waals surface area contributed by atoms with Gasteiger partial charge in [0.1, 0.15) is 0 Å². The average molecular weight is 1380 g/mol. The molecule has 0 amide bonds. The number of aryl methyl sites for hydroxylation is 6. The standard InChI is InChI=1S/C98H78N4S2/c1-60-24-20-29-71(49-60)99(83-41-19-10-28-65(83)6)87-56-91-95(79-37-15-11-33-75(79)87)97-81-39-17-13-35-77(81)89(58-93(97)103-91)101(73-31-22-26-62(3)51-73)85-46-43-69(53-67(85)8)55-70-44-47-86(68(9)54-70)102(74-32-23-27-63(4)52-74)90-59-94-98(82-40-18-14-36-78(82)90)96-80-38-16-12-34-76(80)88(57-92(96)104-94)100(72-30-21-25-61(2)50-72)84-45-42-64(5)48-66(84)7/h10-47,49-54,56-59,86H,7,9,48,55H2,1-6,8H3. The summed E-state index contributed by atoms with van der Waals surface area (Å²) in [5.74, 6) is 0. The molecule has 1 unspecified atom stereocenters. The number of hydrogen-bond acceptors (Lipinski definition) is 6. The van der Waals surface area contributed by atoms with Crippen molar-refractivity contribution in [1.82, 2.24) is 0 Å². The van der Waals surface area contributed by atoms with Crippen molar-refractivity contribution in [3.63, 3.8) is 0 Å². The molecule has 104 heavy (non-hydrogen) atoms. The summed E-state index contributed by atoms with van der Waals surface area (Å²) in [5, 5.41) is 15.0. The number of fused-ring (bicyclic) bond motifs is 14. The lowest BCUT2D eigenvalue weighted by molar-refractivity contribution is 0.899. The molecule has 0 aliphatic heterocycles. The fraction of sp³-hybridized carbons (Fsp3) is 0.102. The Morgan fingerprint density at radius 2 is 0.760 bits per heavy atom. The molecule has 0 N–H and O–H groups in total. The first-order chi connectivity index (χ1) is 50.8. The van der Waals surface area contributed by atoms with Gasteiger partial charge in [0.05, 0.1) is 28.8 Å². The van der Waals surface area contributed by atoms with Gasteiger partial charge in [0.2, 0.25) is 0 Å². The van der Waals surface area contributed by atoms with Gasteiger partial charge in [-0.3, -0.25) is 0 Å². The van der Waals surface area contributed by atoms with E-state index < -0.39 is 0 Å². The van der Waals surface area contributed by atoms with Crippen molar-refractivity contribution in [2.45, 2.75) is 67.3 Å². The Labute approximate surface area is 616 Å². The van der Waals surface area contributed by atoms with E-state index in [-0.39, 0.29) is 6.04 Å². The molecular formula is C98H78N4S2. The van der Waals surface area contributed by atoms with Crippen LogP contribution in [-0.4, -0.2) is 6.04 Å². The number of thiophene rings is 2. The van der Waals surface area contributed by atoms with E-state index in [0.717, 1.165) is 75.2 Å². The van der Waals surface area contributed by atoms with Crippen LogP contribution in [0.1, 0.15) is 52.3 Å². The molecule has 2 aromatic heterocycles. The molecule has 1 atom stereocenters. The van der Waals surface area contributed by atoms with E-state index in [1.807, 2.05) is 22.7 Å². The van der Waals surface area contributed by atoms with Crippen LogP contribution in [0.4, 0.5) is 56.9 Å². The second kappa shape index (κ2) is 25.9. The Bertz CT molecular complexity index is 6420. The van der Waals surface area contributed by atoms with Crippen LogP contribution in [-0.2, 0) is 6.42 Å². The predicted octanol–water partition coefficient (Wildman–Crippen LogP) is 28.6. The van der Waals surface area contributed by atoms with E-state index in [0.29, 0.717) is 0 Å². The summed E-state index contributed by atoms with van der Waals surface area (Å²) < 4.78 is 5.00. The van der Waals surface area contributed by atoms with Gasteiger partial charge in [0, 0.05) is 102 Å². The summed E-state index contributed by atoms with van der Waals surface area (Å²) in [6.07, 6.45) is 13.2. The molecule has 16 aromatic rings. The maximum atomic E-state index is 4.95. The van der Waals surface area contributed by atoms with Gasteiger partial charge in [0.25, 0.3) is 0 Å². The molecule has 2 aliphatic carbocycles. The van der Waals surface area contributed by atoms with Crippen LogP contribution in [0.3, 0.4) is 0 Å². The summed E-state index contributed by atoms with van der Waals surface area (Å²) in [7, 11) is 0. The molecule has 14 aromatic carbocycles. The Morgan fingerprint density at radius 3 is 1.21 bits per heavy atom. The molecule has 0 spiro atoms. The zero-order valence-electron chi connectivity index (χ0n) is 59.7. The molecule has 6 heteroatoms. The molecule has 2 heterocycles. The van der Waals surface area contributed by atoms with E-state index in [4.69, 9.17) is 6.58 Å². The van der Waals surface area contributed by atoms with Gasteiger partial charge in [-0.1, -0.05) is 219 Å². The van der Waals surface area contributed by atoms with Crippen molar-refractivity contribution >= 4 is 163 Å². The van der Waals surface area contributed by atoms with Crippen molar-refractivity contribution in [3.05, 3.63) is 371 Å². The summed E-state index contributed by atoms with van der Waals surface area (Å²) in [6, 6.07) is 97.5. The van der Waals surface area contributed by atoms with Gasteiger partial charge in [0.15, 0.2) is 0 Å². The van der Waals surface area contributed by atoms with Gasteiger partial charge in [-0.2, -0.15) is 0 Å². The molecule has 0 radical (unpaired) electrons. The smallest absolute Gasteiger partial charge is 0.0773 e. The first-order valence-corrected chi connectivity index (χ1v) is 37.7. The lowest BCUT2D eigenvalue weighted by atomic mass is 9.91. The van der Waals surface area contributed by atoms with Crippen LogP contribution < -0.4 is 19.6 Å². The van der Waals surface area contributed by atoms with Crippen molar-refractivity contribution in [3.8, 4) is 0 Å². The highest BCUT2D eigenvalue weighted by Crippen LogP contribution is 2.54. The SMILES string of the molecule is C=C1CC(C)=CC=C1N(c1cccc(C)c1)c1cc2sc3cc(N(c4cccc(C)c4)C4C=CC(Cc5ccc(N(c6cccc(C)c6)c6cc7sc8cc(N(c9cccc(C)c9)c9ccccc9C)c9ccccc9c8c7c7ccccc67)c(C)c5)=CC4=C)c4ccccc4c3c2c2ccccc12. The molecule has 502 valence electrons. The molecule has 0 saturated heterocycles. The third-order valence-corrected chi connectivity index (χ3v) is 23.5. The second-order valence-corrected chi connectivity index (χ2v) is 30.9. The van der Waals surface area contributed by atoms with E-state index in [2.05, 4.69) is 366 Å². The molecule has 0 bridgehead atoms. The fourth-order valence-corrected chi connectivity index (χ4v) is 19.1. The zero-order chi connectivity index (χ0) is 70.6. The largest absolute Gasteiger partial charge is 0.330 e. The first-order valence-electron chi connectivity index (χ1n) is 36.1. The van der Waals surface area contributed by atoms with Crippen molar-refractivity contribution in [1.29, 1.82) is 0 Å². The highest BCUT2D eigenvalue weighted by molar-refractivity contribution is 7.26. The number of allylic oxidation sites excluding steroid dienone is 6. The van der Waals surface area contributed by atoms with Gasteiger partial charge in [-0.05, 0) is 230 Å². The molecule has 18 rings (SSSR count). The number of anilines is 10. The number of nitrogens with zero attached hydrogens (tertiary/aromatic N) is 4. The Balaban J connectivity index is 0.715. The lowest BCUT2D eigenvalue weighted by Crippen LogP contribution is -2.32. The normalized spacial score (nSPS) is 14.0. The van der Waals surface area contributed by atoms with Crippen molar-refractivity contribution in [2.75, 3.05) is 19.6 Å². The lowest BCUT2D eigenvalue weighted by Gasteiger charge is -2.35. The van der Waals surface area contributed by atoms with E-state index in [9.17, 15) is 0 Å². The topological polar surface area (TPSA) is 13.0 Å². The molecule has 0 fully saturated rings. The second-order valence-electron chi connectivity index (χ2n) is 28.7. The van der Waals surface area contributed by atoms with Gasteiger partial charge in [-0.25, -0.2) is 0 Å². The maximum Gasteiger partial charge on any atom is 0.0773 e. The fourth-order valence-electron chi connectivity index (χ4n) is 16.7. The van der Waals surface area contributed by atoms with Crippen LogP contribution in [0.5, 0.6) is 0 Å². The molecule has 4 nitrogen and oxygen atoms in total. The number of hydrogen-bond donors (Lipinski definition) is 0. The first kappa shape index (κ1) is 64.3. The van der Waals surface area contributed by atoms with Gasteiger partial charge in [-0.15, -0.1) is 22.7 Å². The number of para-hydroxylation sites is 1. The Morgan fingerprint density at radius 1 is 0.356 bits per heavy atom.